The van der Waals surface area contributed by atoms with Crippen molar-refractivity contribution in [2.75, 3.05) is 6.16 Å². The lowest BCUT2D eigenvalue weighted by Gasteiger charge is -2.42. The van der Waals surface area contributed by atoms with Crippen LogP contribution in [0.4, 0.5) is 0 Å². The first kappa shape index (κ1) is 24.0. The average Bonchev–Trinajstić information content (AvgIpc) is 2.81. The first-order chi connectivity index (χ1) is 14.8. The third kappa shape index (κ3) is 7.18. The molecule has 0 nitrogen and oxygen atoms in total. The van der Waals surface area contributed by atoms with Crippen molar-refractivity contribution >= 4 is 16.5 Å². The fourth-order valence-corrected chi connectivity index (χ4v) is 14.1. The van der Waals surface area contributed by atoms with Crippen LogP contribution < -0.4 is 0 Å². The second kappa shape index (κ2) is 12.9. The molecule has 0 amide bonds. The molecule has 4 aliphatic rings. The molecular weight excluding hydrogens is 398 g/mol. The van der Waals surface area contributed by atoms with Gasteiger partial charge in [-0.25, -0.2) is 0 Å². The minimum atomic E-state index is 0.343. The van der Waals surface area contributed by atoms with Crippen LogP contribution in [-0.4, -0.2) is 28.3 Å². The molecule has 0 heterocycles. The summed E-state index contributed by atoms with van der Waals surface area (Å²) in [5, 5.41) is 0.804. The van der Waals surface area contributed by atoms with Crippen LogP contribution in [0, 0.1) is 0 Å². The van der Waals surface area contributed by atoms with E-state index in [1.807, 2.05) is 0 Å². The van der Waals surface area contributed by atoms with Gasteiger partial charge in [0.15, 0.2) is 0 Å². The van der Waals surface area contributed by atoms with Crippen LogP contribution in [0.1, 0.15) is 148 Å². The van der Waals surface area contributed by atoms with Gasteiger partial charge in [-0.05, 0) is 92.5 Å². The molecular formula is C28H52P2. The molecule has 0 bridgehead atoms. The molecule has 4 saturated carbocycles. The minimum absolute atomic E-state index is 0.343. The summed E-state index contributed by atoms with van der Waals surface area (Å²) in [6.07, 6.45) is 37.8. The second-order valence-corrected chi connectivity index (χ2v) is 16.7. The van der Waals surface area contributed by atoms with E-state index < -0.39 is 0 Å². The largest absolute Gasteiger partial charge is 0.112 e. The summed E-state index contributed by atoms with van der Waals surface area (Å²) in [6, 6.07) is 0. The van der Waals surface area contributed by atoms with Crippen molar-refractivity contribution in [3.8, 4) is 0 Å². The molecule has 0 aromatic carbocycles. The van der Waals surface area contributed by atoms with Crippen LogP contribution in [0.3, 0.4) is 0 Å². The first-order valence-corrected chi connectivity index (χ1v) is 17.1. The van der Waals surface area contributed by atoms with Crippen molar-refractivity contribution in [2.45, 2.75) is 170 Å². The summed E-state index contributed by atoms with van der Waals surface area (Å²) in [5.41, 5.74) is 3.47. The molecule has 4 aliphatic carbocycles. The van der Waals surface area contributed by atoms with Gasteiger partial charge in [0, 0.05) is 0 Å². The highest BCUT2D eigenvalue weighted by Crippen LogP contribution is 2.57. The maximum atomic E-state index is 1.66. The maximum Gasteiger partial charge on any atom is -0.0119 e. The van der Waals surface area contributed by atoms with Crippen molar-refractivity contribution < 1.29 is 0 Å². The lowest BCUT2D eigenvalue weighted by Crippen LogP contribution is -2.29. The summed E-state index contributed by atoms with van der Waals surface area (Å²) in [7, 11) is 1.66. The minimum Gasteiger partial charge on any atom is -0.112 e. The van der Waals surface area contributed by atoms with E-state index in [0.29, 0.717) is 7.92 Å². The van der Waals surface area contributed by atoms with Crippen molar-refractivity contribution in [1.29, 1.82) is 0 Å². The summed E-state index contributed by atoms with van der Waals surface area (Å²) < 4.78 is 0. The highest BCUT2D eigenvalue weighted by Gasteiger charge is 2.35. The Bertz CT molecular complexity index is 433. The third-order valence-electron chi connectivity index (χ3n) is 9.34. The normalized spacial score (nSPS) is 27.9. The first-order valence-electron chi connectivity index (χ1n) is 14.4. The smallest absolute Gasteiger partial charge is 0.0119 e. The van der Waals surface area contributed by atoms with E-state index >= 15 is 0 Å². The molecule has 30 heavy (non-hydrogen) atoms. The highest BCUT2D eigenvalue weighted by atomic mass is 31.1. The van der Waals surface area contributed by atoms with Crippen LogP contribution in [-0.2, 0) is 0 Å². The molecule has 4 fully saturated rings. The fourth-order valence-electron chi connectivity index (χ4n) is 7.62. The van der Waals surface area contributed by atoms with Gasteiger partial charge in [0.1, 0.15) is 0 Å². The van der Waals surface area contributed by atoms with E-state index in [9.17, 15) is 0 Å². The topological polar surface area (TPSA) is 0 Å². The standard InChI is InChI=1S/C28H52P2/c1-5-15-25(16-6-1)29-28(21-11-4-12-22-28)23-13-14-24-30(26-17-7-2-8-18-26)27-19-9-3-10-20-27/h25-27,29H,1-24H2. The van der Waals surface area contributed by atoms with Crippen LogP contribution in [0.25, 0.3) is 0 Å². The molecule has 0 aromatic heterocycles. The average molecular weight is 451 g/mol. The third-order valence-corrected chi connectivity index (χ3v) is 15.4. The SMILES string of the molecule is C1CCC(PC2(CCCCP(C3CCCCC3)C3CCCCC3)CCCCC2)CC1. The molecule has 4 rings (SSSR count). The summed E-state index contributed by atoms with van der Waals surface area (Å²) >= 11 is 0. The summed E-state index contributed by atoms with van der Waals surface area (Å²) in [5.74, 6) is 0. The van der Waals surface area contributed by atoms with Gasteiger partial charge >= 0.3 is 0 Å². The van der Waals surface area contributed by atoms with Gasteiger partial charge in [0.25, 0.3) is 0 Å². The van der Waals surface area contributed by atoms with Gasteiger partial charge in [-0.15, -0.1) is 16.5 Å². The predicted octanol–water partition coefficient (Wildman–Crippen LogP) is 10.0. The molecule has 174 valence electrons. The van der Waals surface area contributed by atoms with Crippen LogP contribution in [0.2, 0.25) is 0 Å². The molecule has 2 heteroatoms. The molecule has 1 unspecified atom stereocenters. The van der Waals surface area contributed by atoms with E-state index in [-0.39, 0.29) is 0 Å². The van der Waals surface area contributed by atoms with Gasteiger partial charge in [-0.1, -0.05) is 83.5 Å². The number of rotatable bonds is 9. The Labute approximate surface area is 192 Å². The molecule has 0 aliphatic heterocycles. The van der Waals surface area contributed by atoms with Gasteiger partial charge in [-0.2, -0.15) is 0 Å². The molecule has 1 atom stereocenters. The fraction of sp³-hybridized carbons (Fsp3) is 1.00. The van der Waals surface area contributed by atoms with Crippen LogP contribution in [0.15, 0.2) is 0 Å². The Kier molecular flexibility index (Phi) is 10.3. The van der Waals surface area contributed by atoms with Gasteiger partial charge in [0.2, 0.25) is 0 Å². The Balaban J connectivity index is 1.28. The lowest BCUT2D eigenvalue weighted by molar-refractivity contribution is 0.361. The molecule has 0 N–H and O–H groups in total. The Morgan fingerprint density at radius 3 is 1.63 bits per heavy atom. The predicted molar refractivity (Wildman–Crippen MR) is 140 cm³/mol. The van der Waals surface area contributed by atoms with Gasteiger partial charge in [0.05, 0.1) is 0 Å². The zero-order valence-corrected chi connectivity index (χ0v) is 22.0. The molecule has 0 saturated heterocycles. The highest BCUT2D eigenvalue weighted by molar-refractivity contribution is 7.59. The second-order valence-electron chi connectivity index (χ2n) is 11.6. The lowest BCUT2D eigenvalue weighted by atomic mass is 9.84. The van der Waals surface area contributed by atoms with Crippen molar-refractivity contribution in [1.82, 2.24) is 0 Å². The number of unbranched alkanes of at least 4 members (excludes halogenated alkanes) is 1. The van der Waals surface area contributed by atoms with E-state index in [1.54, 1.807) is 128 Å². The Morgan fingerprint density at radius 2 is 1.07 bits per heavy atom. The van der Waals surface area contributed by atoms with Gasteiger partial charge in [-0.3, -0.25) is 0 Å². The summed E-state index contributed by atoms with van der Waals surface area (Å²) in [4.78, 5) is 0. The van der Waals surface area contributed by atoms with Gasteiger partial charge < -0.3 is 0 Å². The van der Waals surface area contributed by atoms with Crippen molar-refractivity contribution in [3.63, 3.8) is 0 Å². The monoisotopic (exact) mass is 450 g/mol. The Morgan fingerprint density at radius 1 is 0.567 bits per heavy atom. The number of hydrogen-bond donors (Lipinski definition) is 0. The van der Waals surface area contributed by atoms with Crippen LogP contribution in [0.5, 0.6) is 0 Å². The quantitative estimate of drug-likeness (QED) is 0.242. The van der Waals surface area contributed by atoms with Crippen LogP contribution >= 0.6 is 16.5 Å². The van der Waals surface area contributed by atoms with E-state index in [1.165, 1.54) is 45.6 Å². The van der Waals surface area contributed by atoms with E-state index in [4.69, 9.17) is 0 Å². The van der Waals surface area contributed by atoms with E-state index in [0.717, 1.165) is 10.8 Å². The van der Waals surface area contributed by atoms with E-state index in [2.05, 4.69) is 0 Å². The van der Waals surface area contributed by atoms with Crippen molar-refractivity contribution in [2.24, 2.45) is 0 Å². The zero-order valence-electron chi connectivity index (χ0n) is 20.1. The molecule has 0 spiro atoms. The zero-order chi connectivity index (χ0) is 20.5. The summed E-state index contributed by atoms with van der Waals surface area (Å²) in [6.45, 7) is 0. The number of hydrogen-bond acceptors (Lipinski definition) is 0. The van der Waals surface area contributed by atoms with Crippen molar-refractivity contribution in [3.05, 3.63) is 0 Å². The Hall–Kier alpha value is 0.860. The molecule has 0 aromatic rings. The molecule has 0 radical (unpaired) electrons. The maximum absolute atomic E-state index is 1.66.